The van der Waals surface area contributed by atoms with Gasteiger partial charge < -0.3 is 5.32 Å². The van der Waals surface area contributed by atoms with Crippen LogP contribution in [0.2, 0.25) is 0 Å². The molecule has 0 radical (unpaired) electrons. The zero-order valence-electron chi connectivity index (χ0n) is 16.1. The highest BCUT2D eigenvalue weighted by molar-refractivity contribution is 7.89. The van der Waals surface area contributed by atoms with Crippen LogP contribution in [0.25, 0.3) is 10.8 Å². The van der Waals surface area contributed by atoms with Crippen molar-refractivity contribution in [2.45, 2.75) is 25.2 Å². The minimum absolute atomic E-state index is 0.180. The van der Waals surface area contributed by atoms with Crippen molar-refractivity contribution >= 4 is 32.4 Å². The molecule has 5 nitrogen and oxygen atoms in total. The van der Waals surface area contributed by atoms with Crippen LogP contribution in [0.1, 0.15) is 19.4 Å². The molecular weight excluding hydrogens is 372 g/mol. The van der Waals surface area contributed by atoms with Crippen molar-refractivity contribution in [2.24, 2.45) is 0 Å². The van der Waals surface area contributed by atoms with E-state index in [1.54, 1.807) is 32.0 Å². The van der Waals surface area contributed by atoms with E-state index >= 15 is 0 Å². The summed E-state index contributed by atoms with van der Waals surface area (Å²) in [6, 6.07) is 20.2. The number of carbonyl (C=O) groups excluding carboxylic acids is 1. The fraction of sp³-hybridized carbons (Fsp3) is 0.227. The molecule has 0 aliphatic rings. The smallest absolute Gasteiger partial charge is 0.243 e. The summed E-state index contributed by atoms with van der Waals surface area (Å²) in [6.45, 7) is 4.40. The van der Waals surface area contributed by atoms with Crippen LogP contribution in [0, 0.1) is 0 Å². The van der Waals surface area contributed by atoms with Gasteiger partial charge >= 0.3 is 0 Å². The minimum atomic E-state index is -3.57. The number of sulfonamides is 1. The fourth-order valence-corrected chi connectivity index (χ4v) is 4.78. The molecular formula is C22H24N2O3S. The van der Waals surface area contributed by atoms with E-state index in [-0.39, 0.29) is 17.2 Å². The SMILES string of the molecule is CCN(CC)S(=O)(=O)c1cccc(NC(=O)Cc2cccc3ccccc23)c1. The molecule has 0 saturated heterocycles. The number of anilines is 1. The Bertz CT molecular complexity index is 1080. The Morgan fingerprint density at radius 3 is 2.36 bits per heavy atom. The Labute approximate surface area is 166 Å². The average Bonchev–Trinajstić information content (AvgIpc) is 2.69. The summed E-state index contributed by atoms with van der Waals surface area (Å²) in [5, 5.41) is 4.94. The molecule has 0 heterocycles. The number of nitrogens with one attached hydrogen (secondary N) is 1. The van der Waals surface area contributed by atoms with Crippen LogP contribution >= 0.6 is 0 Å². The summed E-state index contributed by atoms with van der Waals surface area (Å²) in [5.41, 5.74) is 1.40. The van der Waals surface area contributed by atoms with Gasteiger partial charge in [0.25, 0.3) is 0 Å². The molecule has 146 valence electrons. The quantitative estimate of drug-likeness (QED) is 0.655. The number of rotatable bonds is 7. The first-order chi connectivity index (χ1) is 13.5. The second kappa shape index (κ2) is 8.54. The van der Waals surface area contributed by atoms with Gasteiger partial charge in [0.1, 0.15) is 0 Å². The third kappa shape index (κ3) is 4.24. The van der Waals surface area contributed by atoms with Gasteiger partial charge in [0.05, 0.1) is 11.3 Å². The van der Waals surface area contributed by atoms with E-state index in [1.165, 1.54) is 10.4 Å². The molecule has 3 aromatic carbocycles. The molecule has 0 bridgehead atoms. The van der Waals surface area contributed by atoms with Gasteiger partial charge in [-0.15, -0.1) is 0 Å². The lowest BCUT2D eigenvalue weighted by atomic mass is 10.0. The highest BCUT2D eigenvalue weighted by atomic mass is 32.2. The van der Waals surface area contributed by atoms with Crippen molar-refractivity contribution in [1.82, 2.24) is 4.31 Å². The maximum Gasteiger partial charge on any atom is 0.243 e. The van der Waals surface area contributed by atoms with Crippen molar-refractivity contribution in [3.63, 3.8) is 0 Å². The van der Waals surface area contributed by atoms with Gasteiger partial charge in [-0.1, -0.05) is 62.4 Å². The topological polar surface area (TPSA) is 66.5 Å². The summed E-state index contributed by atoms with van der Waals surface area (Å²) in [5.74, 6) is -0.186. The van der Waals surface area contributed by atoms with Crippen LogP contribution in [-0.2, 0) is 21.2 Å². The molecule has 6 heteroatoms. The molecule has 28 heavy (non-hydrogen) atoms. The lowest BCUT2D eigenvalue weighted by Crippen LogP contribution is -2.30. The normalized spacial score (nSPS) is 11.7. The van der Waals surface area contributed by atoms with Crippen LogP contribution in [0.5, 0.6) is 0 Å². The van der Waals surface area contributed by atoms with Crippen molar-refractivity contribution in [2.75, 3.05) is 18.4 Å². The van der Waals surface area contributed by atoms with Gasteiger partial charge in [0.2, 0.25) is 15.9 Å². The number of amides is 1. The molecule has 0 unspecified atom stereocenters. The number of hydrogen-bond donors (Lipinski definition) is 1. The Morgan fingerprint density at radius 1 is 0.929 bits per heavy atom. The third-order valence-electron chi connectivity index (χ3n) is 4.69. The molecule has 0 spiro atoms. The standard InChI is InChI=1S/C22H24N2O3S/c1-3-24(4-2)28(26,27)20-13-8-12-19(16-20)23-22(25)15-18-11-7-10-17-9-5-6-14-21(17)18/h5-14,16H,3-4,15H2,1-2H3,(H,23,25). The largest absolute Gasteiger partial charge is 0.326 e. The fourth-order valence-electron chi connectivity index (χ4n) is 3.27. The van der Waals surface area contributed by atoms with E-state index in [0.29, 0.717) is 18.8 Å². The molecule has 0 atom stereocenters. The molecule has 3 rings (SSSR count). The van der Waals surface area contributed by atoms with Crippen LogP contribution < -0.4 is 5.32 Å². The second-order valence-electron chi connectivity index (χ2n) is 6.48. The number of carbonyl (C=O) groups is 1. The zero-order chi connectivity index (χ0) is 20.1. The summed E-state index contributed by atoms with van der Waals surface area (Å²) in [6.07, 6.45) is 0.217. The van der Waals surface area contributed by atoms with E-state index in [1.807, 2.05) is 42.5 Å². The van der Waals surface area contributed by atoms with Crippen molar-refractivity contribution in [3.8, 4) is 0 Å². The Balaban J connectivity index is 1.80. The van der Waals surface area contributed by atoms with Crippen LogP contribution in [0.3, 0.4) is 0 Å². The maximum atomic E-state index is 12.7. The van der Waals surface area contributed by atoms with Gasteiger partial charge in [0.15, 0.2) is 0 Å². The van der Waals surface area contributed by atoms with Gasteiger partial charge in [-0.25, -0.2) is 8.42 Å². The summed E-state index contributed by atoms with van der Waals surface area (Å²) in [7, 11) is -3.57. The van der Waals surface area contributed by atoms with E-state index in [9.17, 15) is 13.2 Å². The second-order valence-corrected chi connectivity index (χ2v) is 8.42. The van der Waals surface area contributed by atoms with Crippen molar-refractivity contribution < 1.29 is 13.2 Å². The van der Waals surface area contributed by atoms with Gasteiger partial charge in [-0.05, 0) is 34.5 Å². The van der Waals surface area contributed by atoms with E-state index in [0.717, 1.165) is 16.3 Å². The number of fused-ring (bicyclic) bond motifs is 1. The molecule has 0 aliphatic heterocycles. The highest BCUT2D eigenvalue weighted by Crippen LogP contribution is 2.21. The first-order valence-electron chi connectivity index (χ1n) is 9.32. The van der Waals surface area contributed by atoms with Gasteiger partial charge in [-0.3, -0.25) is 4.79 Å². The first kappa shape index (κ1) is 20.0. The lowest BCUT2D eigenvalue weighted by Gasteiger charge is -2.18. The molecule has 0 aromatic heterocycles. The summed E-state index contributed by atoms with van der Waals surface area (Å²) < 4.78 is 26.8. The Hall–Kier alpha value is -2.70. The molecule has 0 saturated carbocycles. The third-order valence-corrected chi connectivity index (χ3v) is 6.74. The molecule has 1 N–H and O–H groups in total. The predicted octanol–water partition coefficient (Wildman–Crippen LogP) is 4.05. The lowest BCUT2D eigenvalue weighted by molar-refractivity contribution is -0.115. The number of nitrogens with zero attached hydrogens (tertiary/aromatic N) is 1. The van der Waals surface area contributed by atoms with Crippen molar-refractivity contribution in [3.05, 3.63) is 72.3 Å². The number of benzene rings is 3. The molecule has 3 aromatic rings. The van der Waals surface area contributed by atoms with Crippen LogP contribution in [-0.4, -0.2) is 31.7 Å². The predicted molar refractivity (Wildman–Crippen MR) is 113 cm³/mol. The van der Waals surface area contributed by atoms with E-state index < -0.39 is 10.0 Å². The zero-order valence-corrected chi connectivity index (χ0v) is 16.9. The highest BCUT2D eigenvalue weighted by Gasteiger charge is 2.21. The number of hydrogen-bond acceptors (Lipinski definition) is 3. The van der Waals surface area contributed by atoms with Gasteiger partial charge in [-0.2, -0.15) is 4.31 Å². The molecule has 0 aliphatic carbocycles. The minimum Gasteiger partial charge on any atom is -0.326 e. The summed E-state index contributed by atoms with van der Waals surface area (Å²) in [4.78, 5) is 12.7. The molecule has 1 amide bonds. The van der Waals surface area contributed by atoms with Crippen LogP contribution in [0.15, 0.2) is 71.6 Å². The first-order valence-corrected chi connectivity index (χ1v) is 10.8. The van der Waals surface area contributed by atoms with Crippen molar-refractivity contribution in [1.29, 1.82) is 0 Å². The van der Waals surface area contributed by atoms with Gasteiger partial charge in [0, 0.05) is 18.8 Å². The van der Waals surface area contributed by atoms with Crippen LogP contribution in [0.4, 0.5) is 5.69 Å². The molecule has 0 fully saturated rings. The Kier molecular flexibility index (Phi) is 6.11. The van der Waals surface area contributed by atoms with E-state index in [2.05, 4.69) is 5.32 Å². The summed E-state index contributed by atoms with van der Waals surface area (Å²) >= 11 is 0. The maximum absolute atomic E-state index is 12.7. The average molecular weight is 397 g/mol. The monoisotopic (exact) mass is 396 g/mol. The Morgan fingerprint density at radius 2 is 1.61 bits per heavy atom. The van der Waals surface area contributed by atoms with E-state index in [4.69, 9.17) is 0 Å².